The van der Waals surface area contributed by atoms with Crippen LogP contribution in [0.1, 0.15) is 18.9 Å². The number of nitrogens with one attached hydrogen (secondary N) is 2. The molecule has 0 saturated heterocycles. The first-order chi connectivity index (χ1) is 10.9. The number of nitrogens with zero attached hydrogens (tertiary/aromatic N) is 1. The number of aromatic nitrogens is 1. The quantitative estimate of drug-likeness (QED) is 0.711. The standard InChI is InChI=1S/C16H23N3O3S/c1-3-19(23(2,21)22)10-6-9-17-12-14-11-13-7-4-5-8-15(13)18-16(14)20/h4-5,7-8,11,17H,3,6,9-10,12H2,1-2H3,(H,18,20). The number of benzene rings is 1. The molecule has 0 atom stereocenters. The monoisotopic (exact) mass is 337 g/mol. The molecule has 1 heterocycles. The van der Waals surface area contributed by atoms with Gasteiger partial charge in [0.15, 0.2) is 0 Å². The van der Waals surface area contributed by atoms with Gasteiger partial charge < -0.3 is 10.3 Å². The Hall–Kier alpha value is -1.70. The van der Waals surface area contributed by atoms with Crippen molar-refractivity contribution < 1.29 is 8.42 Å². The molecule has 2 N–H and O–H groups in total. The second kappa shape index (κ2) is 7.72. The molecular formula is C16H23N3O3S. The largest absolute Gasteiger partial charge is 0.322 e. The average molecular weight is 337 g/mol. The summed E-state index contributed by atoms with van der Waals surface area (Å²) in [4.78, 5) is 14.9. The van der Waals surface area contributed by atoms with Crippen LogP contribution in [0.5, 0.6) is 0 Å². The Balaban J connectivity index is 1.87. The molecule has 0 aliphatic heterocycles. The van der Waals surface area contributed by atoms with Crippen molar-refractivity contribution in [3.05, 3.63) is 46.2 Å². The third kappa shape index (κ3) is 4.89. The Kier molecular flexibility index (Phi) is 5.92. The third-order valence-electron chi connectivity index (χ3n) is 3.73. The van der Waals surface area contributed by atoms with Crippen LogP contribution in [0.15, 0.2) is 35.1 Å². The predicted octanol–water partition coefficient (Wildman–Crippen LogP) is 1.29. The molecular weight excluding hydrogens is 314 g/mol. The van der Waals surface area contributed by atoms with E-state index in [4.69, 9.17) is 0 Å². The molecule has 2 aromatic rings. The first kappa shape index (κ1) is 17.7. The van der Waals surface area contributed by atoms with Crippen LogP contribution in [0.3, 0.4) is 0 Å². The number of fused-ring (bicyclic) bond motifs is 1. The lowest BCUT2D eigenvalue weighted by molar-refractivity contribution is 0.419. The van der Waals surface area contributed by atoms with Crippen LogP contribution >= 0.6 is 0 Å². The van der Waals surface area contributed by atoms with Gasteiger partial charge in [-0.15, -0.1) is 0 Å². The first-order valence-electron chi connectivity index (χ1n) is 7.68. The zero-order chi connectivity index (χ0) is 16.9. The highest BCUT2D eigenvalue weighted by Crippen LogP contribution is 2.09. The van der Waals surface area contributed by atoms with Gasteiger partial charge >= 0.3 is 0 Å². The van der Waals surface area contributed by atoms with Crippen molar-refractivity contribution in [2.75, 3.05) is 25.9 Å². The molecule has 1 aromatic heterocycles. The molecule has 0 spiro atoms. The highest BCUT2D eigenvalue weighted by atomic mass is 32.2. The molecule has 2 rings (SSSR count). The van der Waals surface area contributed by atoms with E-state index in [0.717, 1.165) is 10.9 Å². The number of sulfonamides is 1. The van der Waals surface area contributed by atoms with Crippen LogP contribution in [0.25, 0.3) is 10.9 Å². The van der Waals surface area contributed by atoms with E-state index < -0.39 is 10.0 Å². The highest BCUT2D eigenvalue weighted by Gasteiger charge is 2.13. The zero-order valence-electron chi connectivity index (χ0n) is 13.5. The van der Waals surface area contributed by atoms with E-state index in [1.54, 1.807) is 0 Å². The van der Waals surface area contributed by atoms with Crippen LogP contribution in [0.2, 0.25) is 0 Å². The van der Waals surface area contributed by atoms with Gasteiger partial charge in [-0.2, -0.15) is 0 Å². The Morgan fingerprint density at radius 2 is 2.00 bits per heavy atom. The number of hydrogen-bond acceptors (Lipinski definition) is 4. The maximum absolute atomic E-state index is 12.0. The fourth-order valence-electron chi connectivity index (χ4n) is 2.49. The molecule has 0 saturated carbocycles. The summed E-state index contributed by atoms with van der Waals surface area (Å²) in [6.45, 7) is 3.89. The molecule has 1 aromatic carbocycles. The number of para-hydroxylation sites is 1. The van der Waals surface area contributed by atoms with Gasteiger partial charge in [0.1, 0.15) is 0 Å². The summed E-state index contributed by atoms with van der Waals surface area (Å²) in [5, 5.41) is 4.19. The molecule has 6 nitrogen and oxygen atoms in total. The maximum atomic E-state index is 12.0. The fourth-order valence-corrected chi connectivity index (χ4v) is 3.42. The number of pyridine rings is 1. The molecule has 0 bridgehead atoms. The smallest absolute Gasteiger partial charge is 0.252 e. The second-order valence-corrected chi connectivity index (χ2v) is 7.48. The first-order valence-corrected chi connectivity index (χ1v) is 9.53. The van der Waals surface area contributed by atoms with Crippen molar-refractivity contribution in [2.24, 2.45) is 0 Å². The van der Waals surface area contributed by atoms with Crippen molar-refractivity contribution in [1.29, 1.82) is 0 Å². The normalized spacial score (nSPS) is 12.1. The second-order valence-electron chi connectivity index (χ2n) is 5.50. The zero-order valence-corrected chi connectivity index (χ0v) is 14.3. The molecule has 0 fully saturated rings. The summed E-state index contributed by atoms with van der Waals surface area (Å²) in [6.07, 6.45) is 1.92. The van der Waals surface area contributed by atoms with Crippen LogP contribution in [0, 0.1) is 0 Å². The van der Waals surface area contributed by atoms with Gasteiger partial charge in [-0.1, -0.05) is 25.1 Å². The summed E-state index contributed by atoms with van der Waals surface area (Å²) in [6, 6.07) is 9.54. The fraction of sp³-hybridized carbons (Fsp3) is 0.438. The van der Waals surface area contributed by atoms with E-state index in [-0.39, 0.29) is 5.56 Å². The van der Waals surface area contributed by atoms with Crippen LogP contribution in [-0.2, 0) is 16.6 Å². The Bertz CT molecular complexity index is 815. The highest BCUT2D eigenvalue weighted by molar-refractivity contribution is 7.88. The summed E-state index contributed by atoms with van der Waals surface area (Å²) in [5.41, 5.74) is 1.41. The lowest BCUT2D eigenvalue weighted by atomic mass is 10.1. The van der Waals surface area contributed by atoms with Crippen LogP contribution in [-0.4, -0.2) is 43.6 Å². The van der Waals surface area contributed by atoms with E-state index in [9.17, 15) is 13.2 Å². The number of hydrogen-bond donors (Lipinski definition) is 2. The number of H-pyrrole nitrogens is 1. The Labute approximate surface area is 136 Å². The van der Waals surface area contributed by atoms with Gasteiger partial charge in [0.2, 0.25) is 10.0 Å². The summed E-state index contributed by atoms with van der Waals surface area (Å²) in [5.74, 6) is 0. The SMILES string of the molecule is CCN(CCCNCc1cc2ccccc2[nH]c1=O)S(C)(=O)=O. The van der Waals surface area contributed by atoms with Gasteiger partial charge in [-0.25, -0.2) is 12.7 Å². The molecule has 0 aliphatic carbocycles. The lowest BCUT2D eigenvalue weighted by Gasteiger charge is -2.17. The minimum atomic E-state index is -3.13. The third-order valence-corrected chi connectivity index (χ3v) is 5.11. The van der Waals surface area contributed by atoms with Crippen molar-refractivity contribution in [3.63, 3.8) is 0 Å². The molecule has 0 unspecified atom stereocenters. The molecule has 0 aliphatic rings. The van der Waals surface area contributed by atoms with E-state index in [1.165, 1.54) is 10.6 Å². The van der Waals surface area contributed by atoms with Gasteiger partial charge in [0.25, 0.3) is 5.56 Å². The van der Waals surface area contributed by atoms with Crippen molar-refractivity contribution in [1.82, 2.24) is 14.6 Å². The molecule has 23 heavy (non-hydrogen) atoms. The minimum Gasteiger partial charge on any atom is -0.322 e. The number of aromatic amines is 1. The average Bonchev–Trinajstić information content (AvgIpc) is 2.49. The van der Waals surface area contributed by atoms with E-state index in [1.807, 2.05) is 37.3 Å². The van der Waals surface area contributed by atoms with Crippen LogP contribution < -0.4 is 10.9 Å². The molecule has 0 radical (unpaired) electrons. The van der Waals surface area contributed by atoms with Gasteiger partial charge in [-0.05, 0) is 30.5 Å². The number of rotatable bonds is 8. The van der Waals surface area contributed by atoms with E-state index in [2.05, 4.69) is 10.3 Å². The Morgan fingerprint density at radius 3 is 2.70 bits per heavy atom. The van der Waals surface area contributed by atoms with E-state index in [0.29, 0.717) is 38.2 Å². The predicted molar refractivity (Wildman–Crippen MR) is 93.0 cm³/mol. The van der Waals surface area contributed by atoms with Crippen molar-refractivity contribution in [2.45, 2.75) is 19.9 Å². The van der Waals surface area contributed by atoms with Gasteiger partial charge in [-0.3, -0.25) is 4.79 Å². The minimum absolute atomic E-state index is 0.0949. The maximum Gasteiger partial charge on any atom is 0.252 e. The summed E-state index contributed by atoms with van der Waals surface area (Å²) < 4.78 is 24.4. The molecule has 0 amide bonds. The lowest BCUT2D eigenvalue weighted by Crippen LogP contribution is -2.32. The molecule has 126 valence electrons. The van der Waals surface area contributed by atoms with Crippen molar-refractivity contribution in [3.8, 4) is 0 Å². The summed E-state index contributed by atoms with van der Waals surface area (Å²) >= 11 is 0. The van der Waals surface area contributed by atoms with Gasteiger partial charge in [0, 0.05) is 30.7 Å². The van der Waals surface area contributed by atoms with Crippen molar-refractivity contribution >= 4 is 20.9 Å². The van der Waals surface area contributed by atoms with E-state index >= 15 is 0 Å². The van der Waals surface area contributed by atoms with Gasteiger partial charge in [0.05, 0.1) is 6.26 Å². The topological polar surface area (TPSA) is 82.3 Å². The Morgan fingerprint density at radius 1 is 1.26 bits per heavy atom. The summed E-state index contributed by atoms with van der Waals surface area (Å²) in [7, 11) is -3.13. The van der Waals surface area contributed by atoms with Crippen LogP contribution in [0.4, 0.5) is 0 Å². The molecule has 7 heteroatoms.